The molecule has 1 aliphatic rings. The normalized spacial score (nSPS) is 17.3. The summed E-state index contributed by atoms with van der Waals surface area (Å²) < 4.78 is 6.08. The summed E-state index contributed by atoms with van der Waals surface area (Å²) in [5.74, 6) is -1.35. The van der Waals surface area contributed by atoms with Crippen LogP contribution in [0.5, 0.6) is 0 Å². The van der Waals surface area contributed by atoms with Crippen LogP contribution in [0.3, 0.4) is 0 Å². The Morgan fingerprint density at radius 2 is 2.11 bits per heavy atom. The Hall–Kier alpha value is -3.82. The first-order valence-corrected chi connectivity index (χ1v) is 8.06. The van der Waals surface area contributed by atoms with Crippen molar-refractivity contribution in [3.05, 3.63) is 75.3 Å². The van der Waals surface area contributed by atoms with Crippen LogP contribution in [0, 0.1) is 10.1 Å². The average molecular weight is 366 g/mol. The van der Waals surface area contributed by atoms with Gasteiger partial charge in [-0.05, 0) is 30.2 Å². The molecule has 10 nitrogen and oxygen atoms in total. The number of rotatable bonds is 3. The van der Waals surface area contributed by atoms with E-state index in [1.807, 2.05) is 0 Å². The predicted octanol–water partition coefficient (Wildman–Crippen LogP) is 2.23. The number of hydrogen-bond donors (Lipinski definition) is 1. The van der Waals surface area contributed by atoms with Gasteiger partial charge in [0, 0.05) is 23.7 Å². The van der Waals surface area contributed by atoms with Gasteiger partial charge in [-0.3, -0.25) is 19.5 Å². The van der Waals surface area contributed by atoms with Crippen LogP contribution >= 0.6 is 0 Å². The number of nitrogens with zero attached hydrogens (tertiary/aromatic N) is 5. The molecule has 0 saturated carbocycles. The number of dihydropyridines is 1. The van der Waals surface area contributed by atoms with Gasteiger partial charge in [0.1, 0.15) is 23.3 Å². The Balaban J connectivity index is 1.99. The van der Waals surface area contributed by atoms with Gasteiger partial charge in [0.2, 0.25) is 0 Å². The van der Waals surface area contributed by atoms with Gasteiger partial charge in [-0.15, -0.1) is 0 Å². The monoisotopic (exact) mass is 366 g/mol. The summed E-state index contributed by atoms with van der Waals surface area (Å²) in [7, 11) is 0. The number of fused-ring (bicyclic) bond motifs is 1. The molecule has 1 atom stereocenters. The van der Waals surface area contributed by atoms with E-state index >= 15 is 0 Å². The minimum Gasteiger partial charge on any atom is -0.357 e. The molecule has 0 amide bonds. The van der Waals surface area contributed by atoms with Crippen molar-refractivity contribution in [2.75, 3.05) is 0 Å². The highest BCUT2D eigenvalue weighted by molar-refractivity contribution is 5.99. The minimum absolute atomic E-state index is 0.125. The van der Waals surface area contributed by atoms with E-state index in [-0.39, 0.29) is 11.3 Å². The maximum atomic E-state index is 13.1. The van der Waals surface area contributed by atoms with Crippen molar-refractivity contribution in [2.45, 2.75) is 19.8 Å². The molecule has 1 aromatic carbocycles. The lowest BCUT2D eigenvalue weighted by atomic mass is 9.83. The van der Waals surface area contributed by atoms with E-state index in [1.54, 1.807) is 32.0 Å². The lowest BCUT2D eigenvalue weighted by molar-refractivity contribution is -0.430. The third-order valence-corrected chi connectivity index (χ3v) is 4.52. The molecule has 4 rings (SSSR count). The highest BCUT2D eigenvalue weighted by atomic mass is 16.6. The topological polar surface area (TPSA) is 129 Å². The quantitative estimate of drug-likeness (QED) is 0.552. The molecule has 0 bridgehead atoms. The second kappa shape index (κ2) is 6.16. The van der Waals surface area contributed by atoms with Gasteiger partial charge in [-0.25, -0.2) is 9.61 Å². The van der Waals surface area contributed by atoms with Crippen molar-refractivity contribution in [2.24, 2.45) is 0 Å². The van der Waals surface area contributed by atoms with Gasteiger partial charge < -0.3 is 5.32 Å². The Morgan fingerprint density at radius 1 is 1.30 bits per heavy atom. The standard InChI is InChI=1S/C17H14N6O4/c1-9-13(17(24)22-7-6-18-8-22)14(16(23(25)26)10(2)19-9)11-4-3-5-12-15(11)21-27-20-12/h3-8,14,19H,1-2H3. The lowest BCUT2D eigenvalue weighted by Crippen LogP contribution is -2.32. The summed E-state index contributed by atoms with van der Waals surface area (Å²) in [6.45, 7) is 3.31. The van der Waals surface area contributed by atoms with Crippen LogP contribution in [-0.2, 0) is 0 Å². The van der Waals surface area contributed by atoms with Gasteiger partial charge in [0.25, 0.3) is 11.6 Å². The fourth-order valence-electron chi connectivity index (χ4n) is 3.39. The fourth-order valence-corrected chi connectivity index (χ4v) is 3.39. The number of carbonyl (C=O) groups excluding carboxylic acids is 1. The Labute approximate surface area is 152 Å². The molecule has 1 N–H and O–H groups in total. The number of nitro groups is 1. The number of carbonyl (C=O) groups is 1. The Kier molecular flexibility index (Phi) is 3.80. The molecule has 0 spiro atoms. The lowest BCUT2D eigenvalue weighted by Gasteiger charge is -2.26. The zero-order valence-electron chi connectivity index (χ0n) is 14.4. The molecule has 0 fully saturated rings. The van der Waals surface area contributed by atoms with Crippen LogP contribution in [0.25, 0.3) is 11.0 Å². The van der Waals surface area contributed by atoms with Crippen molar-refractivity contribution in [3.63, 3.8) is 0 Å². The summed E-state index contributed by atoms with van der Waals surface area (Å²) >= 11 is 0. The summed E-state index contributed by atoms with van der Waals surface area (Å²) in [6, 6.07) is 5.08. The van der Waals surface area contributed by atoms with E-state index in [0.717, 1.165) is 0 Å². The highest BCUT2D eigenvalue weighted by Crippen LogP contribution is 2.40. The number of hydrogen-bond acceptors (Lipinski definition) is 8. The van der Waals surface area contributed by atoms with Gasteiger partial charge >= 0.3 is 0 Å². The zero-order chi connectivity index (χ0) is 19.1. The van der Waals surface area contributed by atoms with Crippen LogP contribution in [0.4, 0.5) is 0 Å². The van der Waals surface area contributed by atoms with Crippen LogP contribution in [0.2, 0.25) is 0 Å². The molecule has 1 unspecified atom stereocenters. The van der Waals surface area contributed by atoms with Crippen molar-refractivity contribution < 1.29 is 14.3 Å². The van der Waals surface area contributed by atoms with Crippen LogP contribution in [0.1, 0.15) is 30.1 Å². The molecular formula is C17H14N6O4. The minimum atomic E-state index is -0.938. The second-order valence-electron chi connectivity index (χ2n) is 6.12. The molecule has 136 valence electrons. The van der Waals surface area contributed by atoms with Gasteiger partial charge in [-0.2, -0.15) is 0 Å². The number of imidazole rings is 1. The summed E-state index contributed by atoms with van der Waals surface area (Å²) in [4.78, 5) is 28.4. The summed E-state index contributed by atoms with van der Waals surface area (Å²) in [5.41, 5.74) is 2.30. The maximum absolute atomic E-state index is 13.1. The summed E-state index contributed by atoms with van der Waals surface area (Å²) in [5, 5.41) is 22.5. The van der Waals surface area contributed by atoms with Crippen LogP contribution in [0.15, 0.2) is 64.2 Å². The first-order chi connectivity index (χ1) is 13.0. The summed E-state index contributed by atoms with van der Waals surface area (Å²) in [6.07, 6.45) is 4.32. The predicted molar refractivity (Wildman–Crippen MR) is 92.9 cm³/mol. The van der Waals surface area contributed by atoms with Crippen LogP contribution in [-0.4, -0.2) is 30.7 Å². The van der Waals surface area contributed by atoms with Crippen molar-refractivity contribution >= 4 is 16.9 Å². The van der Waals surface area contributed by atoms with E-state index in [2.05, 4.69) is 20.6 Å². The smallest absolute Gasteiger partial charge is 0.277 e. The van der Waals surface area contributed by atoms with Gasteiger partial charge in [0.05, 0.1) is 16.2 Å². The zero-order valence-corrected chi connectivity index (χ0v) is 14.4. The number of benzene rings is 1. The van der Waals surface area contributed by atoms with Crippen molar-refractivity contribution in [1.82, 2.24) is 25.2 Å². The van der Waals surface area contributed by atoms with Gasteiger partial charge in [0.15, 0.2) is 0 Å². The highest BCUT2D eigenvalue weighted by Gasteiger charge is 2.41. The van der Waals surface area contributed by atoms with E-state index in [0.29, 0.717) is 28.0 Å². The molecule has 0 radical (unpaired) electrons. The Bertz CT molecular complexity index is 1130. The third-order valence-electron chi connectivity index (χ3n) is 4.52. The third kappa shape index (κ3) is 2.58. The maximum Gasteiger partial charge on any atom is 0.277 e. The molecular weight excluding hydrogens is 352 g/mol. The number of nitrogens with one attached hydrogen (secondary N) is 1. The molecule has 3 heterocycles. The SMILES string of the molecule is CC1=C(C(=O)n2ccnc2)C(c2cccc3nonc23)C([N+](=O)[O-])=C(C)N1. The first kappa shape index (κ1) is 16.6. The molecule has 10 heteroatoms. The van der Waals surface area contributed by atoms with Gasteiger partial charge in [-0.1, -0.05) is 12.1 Å². The van der Waals surface area contributed by atoms with E-state index in [1.165, 1.54) is 23.3 Å². The average Bonchev–Trinajstić information content (AvgIpc) is 3.31. The second-order valence-corrected chi connectivity index (χ2v) is 6.12. The molecule has 0 saturated heterocycles. The largest absolute Gasteiger partial charge is 0.357 e. The van der Waals surface area contributed by atoms with E-state index in [4.69, 9.17) is 4.63 Å². The molecule has 2 aromatic heterocycles. The number of aromatic nitrogens is 4. The van der Waals surface area contributed by atoms with E-state index < -0.39 is 16.7 Å². The van der Waals surface area contributed by atoms with Crippen LogP contribution < -0.4 is 5.32 Å². The van der Waals surface area contributed by atoms with Crippen molar-refractivity contribution in [3.8, 4) is 0 Å². The van der Waals surface area contributed by atoms with Crippen molar-refractivity contribution in [1.29, 1.82) is 0 Å². The number of allylic oxidation sites excluding steroid dienone is 3. The molecule has 27 heavy (non-hydrogen) atoms. The fraction of sp³-hybridized carbons (Fsp3) is 0.176. The molecule has 1 aliphatic heterocycles. The molecule has 3 aromatic rings. The first-order valence-electron chi connectivity index (χ1n) is 8.06. The molecule has 0 aliphatic carbocycles. The Morgan fingerprint density at radius 3 is 2.81 bits per heavy atom. The van der Waals surface area contributed by atoms with E-state index in [9.17, 15) is 14.9 Å².